The molecule has 1 aliphatic rings. The van der Waals surface area contributed by atoms with Gasteiger partial charge in [-0.25, -0.2) is 14.3 Å². The van der Waals surface area contributed by atoms with Crippen molar-refractivity contribution < 1.29 is 23.6 Å². The van der Waals surface area contributed by atoms with Gasteiger partial charge in [0.1, 0.15) is 11.9 Å². The minimum absolute atomic E-state index is 0.00580. The lowest BCUT2D eigenvalue weighted by Gasteiger charge is -2.27. The normalized spacial score (nSPS) is 16.1. The van der Waals surface area contributed by atoms with Crippen LogP contribution in [-0.4, -0.2) is 34.7 Å². The van der Waals surface area contributed by atoms with Gasteiger partial charge in [-0.15, -0.1) is 0 Å². The number of carbonyl (C=O) groups is 4. The molecule has 0 aliphatic carbocycles. The second-order valence-electron chi connectivity index (χ2n) is 6.66. The second kappa shape index (κ2) is 8.22. The highest BCUT2D eigenvalue weighted by molar-refractivity contribution is 6.23. The number of anilines is 1. The molecule has 8 heteroatoms. The Kier molecular flexibility index (Phi) is 5.72. The number of nitrogens with one attached hydrogen (secondary N) is 1. The average molecular weight is 397 g/mol. The summed E-state index contributed by atoms with van der Waals surface area (Å²) in [5, 5.41) is 0.878. The summed E-state index contributed by atoms with van der Waals surface area (Å²) in [4.78, 5) is 51.0. The zero-order valence-electron chi connectivity index (χ0n) is 16.0. The van der Waals surface area contributed by atoms with Crippen LogP contribution in [0.15, 0.2) is 48.5 Å². The predicted octanol–water partition coefficient (Wildman–Crippen LogP) is 2.35. The highest BCUT2D eigenvalue weighted by Gasteiger charge is 2.45. The van der Waals surface area contributed by atoms with E-state index in [9.17, 15) is 23.6 Å². The highest BCUT2D eigenvalue weighted by atomic mass is 19.1. The molecule has 150 valence electrons. The molecule has 4 amide bonds. The number of aryl methyl sites for hydroxylation is 1. The van der Waals surface area contributed by atoms with Crippen molar-refractivity contribution in [1.29, 1.82) is 0 Å². The fraction of sp³-hybridized carbons (Fsp3) is 0.238. The third kappa shape index (κ3) is 4.01. The van der Waals surface area contributed by atoms with Gasteiger partial charge in [0, 0.05) is 12.0 Å². The van der Waals surface area contributed by atoms with E-state index in [-0.39, 0.29) is 18.5 Å². The van der Waals surface area contributed by atoms with Gasteiger partial charge in [-0.3, -0.25) is 24.6 Å². The van der Waals surface area contributed by atoms with Crippen molar-refractivity contribution in [1.82, 2.24) is 10.4 Å². The van der Waals surface area contributed by atoms with E-state index in [1.165, 1.54) is 18.2 Å². The second-order valence-corrected chi connectivity index (χ2v) is 6.66. The summed E-state index contributed by atoms with van der Waals surface area (Å²) in [5.41, 5.74) is 3.51. The van der Waals surface area contributed by atoms with Gasteiger partial charge in [-0.05, 0) is 31.2 Å². The molecule has 2 aromatic rings. The summed E-state index contributed by atoms with van der Waals surface area (Å²) in [6.07, 6.45) is -0.348. The number of halogens is 1. The zero-order chi connectivity index (χ0) is 21.1. The van der Waals surface area contributed by atoms with Gasteiger partial charge < -0.3 is 0 Å². The van der Waals surface area contributed by atoms with Crippen molar-refractivity contribution in [2.45, 2.75) is 32.7 Å². The first kappa shape index (κ1) is 20.2. The third-order valence-corrected chi connectivity index (χ3v) is 4.63. The summed E-state index contributed by atoms with van der Waals surface area (Å²) < 4.78 is 14.1. The third-order valence-electron chi connectivity index (χ3n) is 4.63. The Morgan fingerprint density at radius 2 is 1.79 bits per heavy atom. The maximum Gasteiger partial charge on any atom is 0.269 e. The highest BCUT2D eigenvalue weighted by Crippen LogP contribution is 2.27. The van der Waals surface area contributed by atoms with E-state index in [0.717, 1.165) is 16.6 Å². The summed E-state index contributed by atoms with van der Waals surface area (Å²) >= 11 is 0. The van der Waals surface area contributed by atoms with Crippen LogP contribution < -0.4 is 10.3 Å². The molecule has 1 aliphatic heterocycles. The molecule has 1 saturated heterocycles. The van der Waals surface area contributed by atoms with Crippen LogP contribution in [0, 0.1) is 12.7 Å². The van der Waals surface area contributed by atoms with Crippen LogP contribution in [-0.2, 0) is 14.4 Å². The first-order valence-electron chi connectivity index (χ1n) is 9.14. The molecule has 0 saturated carbocycles. The molecule has 0 aromatic heterocycles. The van der Waals surface area contributed by atoms with Gasteiger partial charge in [0.25, 0.3) is 11.8 Å². The molecule has 1 atom stereocenters. The average Bonchev–Trinajstić information content (AvgIpc) is 3.00. The Hall–Kier alpha value is -3.55. The van der Waals surface area contributed by atoms with Crippen LogP contribution in [0.3, 0.4) is 0 Å². The molecule has 0 spiro atoms. The minimum atomic E-state index is -1.25. The molecular weight excluding hydrogens is 377 g/mol. The van der Waals surface area contributed by atoms with Gasteiger partial charge >= 0.3 is 0 Å². The molecule has 0 unspecified atom stereocenters. The van der Waals surface area contributed by atoms with Gasteiger partial charge in [-0.1, -0.05) is 36.8 Å². The summed E-state index contributed by atoms with van der Waals surface area (Å²) in [6, 6.07) is 10.8. The van der Waals surface area contributed by atoms with E-state index in [1.807, 2.05) is 6.92 Å². The van der Waals surface area contributed by atoms with Crippen molar-refractivity contribution in [3.63, 3.8) is 0 Å². The number of imide groups is 1. The van der Waals surface area contributed by atoms with Crippen LogP contribution in [0.25, 0.3) is 0 Å². The molecule has 7 nitrogen and oxygen atoms in total. The van der Waals surface area contributed by atoms with Crippen LogP contribution in [0.4, 0.5) is 10.1 Å². The number of para-hydroxylation sites is 1. The molecule has 3 rings (SSSR count). The van der Waals surface area contributed by atoms with E-state index in [4.69, 9.17) is 0 Å². The van der Waals surface area contributed by atoms with E-state index < -0.39 is 35.5 Å². The lowest BCUT2D eigenvalue weighted by Crippen LogP contribution is -2.54. The van der Waals surface area contributed by atoms with Gasteiger partial charge in [0.15, 0.2) is 0 Å². The fourth-order valence-electron chi connectivity index (χ4n) is 3.07. The first-order valence-corrected chi connectivity index (χ1v) is 9.14. The van der Waals surface area contributed by atoms with E-state index in [2.05, 4.69) is 5.43 Å². The number of hydrogen-bond acceptors (Lipinski definition) is 4. The molecule has 0 radical (unpaired) electrons. The minimum Gasteiger partial charge on any atom is -0.274 e. The summed E-state index contributed by atoms with van der Waals surface area (Å²) in [7, 11) is 0. The van der Waals surface area contributed by atoms with Crippen molar-refractivity contribution in [2.24, 2.45) is 0 Å². The van der Waals surface area contributed by atoms with Crippen molar-refractivity contribution in [2.75, 3.05) is 4.90 Å². The quantitative estimate of drug-likeness (QED) is 0.634. The lowest BCUT2D eigenvalue weighted by molar-refractivity contribution is -0.140. The maximum absolute atomic E-state index is 14.1. The van der Waals surface area contributed by atoms with Crippen LogP contribution in [0.1, 0.15) is 35.7 Å². The zero-order valence-corrected chi connectivity index (χ0v) is 16.0. The Bertz CT molecular complexity index is 974. The lowest BCUT2D eigenvalue weighted by atomic mass is 10.1. The van der Waals surface area contributed by atoms with Gasteiger partial charge in [0.2, 0.25) is 11.8 Å². The number of rotatable bonds is 4. The van der Waals surface area contributed by atoms with Crippen LogP contribution in [0.5, 0.6) is 0 Å². The van der Waals surface area contributed by atoms with E-state index >= 15 is 0 Å². The van der Waals surface area contributed by atoms with E-state index in [0.29, 0.717) is 10.5 Å². The molecule has 2 aromatic carbocycles. The fourth-order valence-corrected chi connectivity index (χ4v) is 3.07. The Labute approximate surface area is 167 Å². The summed E-state index contributed by atoms with van der Waals surface area (Å²) in [6.45, 7) is 3.44. The number of carbonyl (C=O) groups excluding carboxylic acids is 4. The summed E-state index contributed by atoms with van der Waals surface area (Å²) in [5.74, 6) is -3.27. The molecule has 1 fully saturated rings. The smallest absolute Gasteiger partial charge is 0.269 e. The molecule has 1 heterocycles. The molecule has 1 N–H and O–H groups in total. The predicted molar refractivity (Wildman–Crippen MR) is 103 cm³/mol. The van der Waals surface area contributed by atoms with Crippen molar-refractivity contribution in [3.05, 3.63) is 65.5 Å². The van der Waals surface area contributed by atoms with Crippen LogP contribution >= 0.6 is 0 Å². The number of hydrogen-bond donors (Lipinski definition) is 1. The van der Waals surface area contributed by atoms with Crippen LogP contribution in [0.2, 0.25) is 0 Å². The topological polar surface area (TPSA) is 86.8 Å². The Morgan fingerprint density at radius 3 is 2.41 bits per heavy atom. The first-order chi connectivity index (χ1) is 13.8. The Balaban J connectivity index is 1.87. The maximum atomic E-state index is 14.1. The Morgan fingerprint density at radius 1 is 1.14 bits per heavy atom. The SMILES string of the molecule is CCC(=O)N(NC(=O)c1ccc(C)cc1)[C@@H]1CC(=O)N(c2ccccc2F)C1=O. The number of amides is 4. The molecular formula is C21H20FN3O4. The van der Waals surface area contributed by atoms with Crippen molar-refractivity contribution >= 4 is 29.3 Å². The number of hydrazine groups is 1. The largest absolute Gasteiger partial charge is 0.274 e. The van der Waals surface area contributed by atoms with Gasteiger partial charge in [0.05, 0.1) is 12.1 Å². The number of benzene rings is 2. The molecule has 0 bridgehead atoms. The standard InChI is InChI=1S/C21H20FN3O4/c1-3-18(26)25(23-20(28)14-10-8-13(2)9-11-14)17-12-19(27)24(21(17)29)16-7-5-4-6-15(16)22/h4-11,17H,3,12H2,1-2H3,(H,23,28)/t17-/m1/s1. The molecule has 29 heavy (non-hydrogen) atoms. The monoisotopic (exact) mass is 397 g/mol. The number of nitrogens with zero attached hydrogens (tertiary/aromatic N) is 2. The van der Waals surface area contributed by atoms with Gasteiger partial charge in [-0.2, -0.15) is 0 Å². The van der Waals surface area contributed by atoms with E-state index in [1.54, 1.807) is 31.2 Å². The van der Waals surface area contributed by atoms with Crippen molar-refractivity contribution in [3.8, 4) is 0 Å².